The summed E-state index contributed by atoms with van der Waals surface area (Å²) in [4.78, 5) is 39.2. The highest BCUT2D eigenvalue weighted by atomic mass is 31.2. The number of aromatic amines is 1. The highest BCUT2D eigenvalue weighted by Gasteiger charge is 2.17. The lowest BCUT2D eigenvalue weighted by Gasteiger charge is -2.14. The van der Waals surface area contributed by atoms with Gasteiger partial charge >= 0.3 is 7.60 Å². The van der Waals surface area contributed by atoms with E-state index in [-0.39, 0.29) is 23.7 Å². The van der Waals surface area contributed by atoms with Crippen molar-refractivity contribution in [3.63, 3.8) is 0 Å². The van der Waals surface area contributed by atoms with Gasteiger partial charge in [0.05, 0.1) is 19.0 Å². The number of nitrogens with zero attached hydrogens (tertiary/aromatic N) is 3. The number of H-pyrrole nitrogens is 1. The second-order valence-corrected chi connectivity index (χ2v) is 5.88. The van der Waals surface area contributed by atoms with Gasteiger partial charge in [-0.25, -0.2) is 4.98 Å². The normalized spacial score (nSPS) is 13.8. The SMILES string of the molecule is C[C@H](Cn1cnc2c(=O)[nH]c(N)nc21)OCP(=O)(O)O. The number of aromatic nitrogens is 4. The maximum Gasteiger partial charge on any atom is 0.350 e. The Morgan fingerprint density at radius 3 is 2.95 bits per heavy atom. The number of anilines is 1. The van der Waals surface area contributed by atoms with Crippen LogP contribution in [0.1, 0.15) is 6.92 Å². The van der Waals surface area contributed by atoms with E-state index in [1.54, 1.807) is 6.92 Å². The maximum atomic E-state index is 11.6. The molecule has 0 aliphatic heterocycles. The first kappa shape index (κ1) is 14.7. The third-order valence-electron chi connectivity index (χ3n) is 2.47. The van der Waals surface area contributed by atoms with Crippen molar-refractivity contribution in [2.24, 2.45) is 0 Å². The summed E-state index contributed by atoms with van der Waals surface area (Å²) in [6, 6.07) is 0. The van der Waals surface area contributed by atoms with Gasteiger partial charge in [-0.05, 0) is 6.92 Å². The molecule has 2 heterocycles. The van der Waals surface area contributed by atoms with Crippen LogP contribution >= 0.6 is 7.60 Å². The molecular formula is C9H14N5O5P. The van der Waals surface area contributed by atoms with E-state index in [4.69, 9.17) is 20.3 Å². The summed E-state index contributed by atoms with van der Waals surface area (Å²) in [6.45, 7) is 1.87. The van der Waals surface area contributed by atoms with Gasteiger partial charge in [0.15, 0.2) is 11.2 Å². The Kier molecular flexibility index (Phi) is 3.91. The van der Waals surface area contributed by atoms with Crippen molar-refractivity contribution in [3.8, 4) is 0 Å². The fourth-order valence-electron chi connectivity index (χ4n) is 1.66. The Bertz CT molecular complexity index is 719. The summed E-state index contributed by atoms with van der Waals surface area (Å²) in [6.07, 6.45) is 0.225. The van der Waals surface area contributed by atoms with E-state index in [1.807, 2.05) is 0 Å². The van der Waals surface area contributed by atoms with Crippen LogP contribution in [0.5, 0.6) is 0 Å². The Labute approximate surface area is 112 Å². The number of ether oxygens (including phenoxy) is 1. The second kappa shape index (κ2) is 5.33. The molecule has 0 saturated heterocycles. The number of rotatable bonds is 5. The fourth-order valence-corrected chi connectivity index (χ4v) is 2.11. The molecule has 0 aliphatic carbocycles. The molecule has 0 bridgehead atoms. The lowest BCUT2D eigenvalue weighted by molar-refractivity contribution is 0.0764. The first-order chi connectivity index (χ1) is 9.26. The summed E-state index contributed by atoms with van der Waals surface area (Å²) in [5, 5.41) is 0. The summed E-state index contributed by atoms with van der Waals surface area (Å²) in [7, 11) is -4.21. The van der Waals surface area contributed by atoms with Crippen LogP contribution in [0.3, 0.4) is 0 Å². The number of nitrogens with one attached hydrogen (secondary N) is 1. The van der Waals surface area contributed by atoms with Crippen LogP contribution in [0.15, 0.2) is 11.1 Å². The molecule has 11 heteroatoms. The van der Waals surface area contributed by atoms with Gasteiger partial charge in [0.2, 0.25) is 5.95 Å². The lowest BCUT2D eigenvalue weighted by Crippen LogP contribution is -2.18. The molecule has 2 aromatic heterocycles. The molecule has 20 heavy (non-hydrogen) atoms. The summed E-state index contributed by atoms with van der Waals surface area (Å²) in [5.41, 5.74) is 5.44. The van der Waals surface area contributed by atoms with Crippen LogP contribution in [0.2, 0.25) is 0 Å². The van der Waals surface area contributed by atoms with Crippen molar-refractivity contribution in [3.05, 3.63) is 16.7 Å². The molecule has 10 nitrogen and oxygen atoms in total. The topological polar surface area (TPSA) is 156 Å². The quantitative estimate of drug-likeness (QED) is 0.525. The molecule has 0 spiro atoms. The van der Waals surface area contributed by atoms with E-state index in [0.29, 0.717) is 0 Å². The van der Waals surface area contributed by atoms with Gasteiger partial charge in [-0.1, -0.05) is 0 Å². The van der Waals surface area contributed by atoms with E-state index < -0.39 is 25.6 Å². The maximum absolute atomic E-state index is 11.6. The molecule has 2 rings (SSSR count). The number of nitrogens with two attached hydrogens (primary N) is 1. The van der Waals surface area contributed by atoms with E-state index in [9.17, 15) is 9.36 Å². The van der Waals surface area contributed by atoms with Gasteiger partial charge in [-0.15, -0.1) is 0 Å². The minimum absolute atomic E-state index is 0.0342. The average molecular weight is 303 g/mol. The smallest absolute Gasteiger partial charge is 0.350 e. The van der Waals surface area contributed by atoms with Crippen LogP contribution in [-0.4, -0.2) is 41.8 Å². The van der Waals surface area contributed by atoms with Crippen LogP contribution in [-0.2, 0) is 15.8 Å². The molecule has 0 saturated carbocycles. The number of hydrogen-bond acceptors (Lipinski definition) is 6. The largest absolute Gasteiger partial charge is 0.369 e. The fraction of sp³-hybridized carbons (Fsp3) is 0.444. The van der Waals surface area contributed by atoms with Crippen LogP contribution in [0, 0.1) is 0 Å². The Morgan fingerprint density at radius 2 is 2.30 bits per heavy atom. The number of hydrogen-bond donors (Lipinski definition) is 4. The van der Waals surface area contributed by atoms with Crippen molar-refractivity contribution < 1.29 is 19.1 Å². The monoisotopic (exact) mass is 303 g/mol. The first-order valence-corrected chi connectivity index (χ1v) is 7.43. The predicted octanol–water partition coefficient (Wildman–Crippen LogP) is -0.758. The molecule has 5 N–H and O–H groups in total. The summed E-state index contributed by atoms with van der Waals surface area (Å²) >= 11 is 0. The van der Waals surface area contributed by atoms with E-state index in [0.717, 1.165) is 0 Å². The standard InChI is InChI=1S/C9H14N5O5P/c1-5(19-4-20(16,17)18)2-14-3-11-6-7(14)12-9(10)13-8(6)15/h3,5H,2,4H2,1H3,(H2,16,17,18)(H3,10,12,13,15)/t5-/m1/s1. The molecule has 0 aromatic carbocycles. The van der Waals surface area contributed by atoms with Gasteiger partial charge < -0.3 is 24.8 Å². The van der Waals surface area contributed by atoms with E-state index in [1.165, 1.54) is 10.9 Å². The first-order valence-electron chi connectivity index (χ1n) is 5.63. The number of imidazole rings is 1. The third-order valence-corrected chi connectivity index (χ3v) is 2.96. The molecule has 0 radical (unpaired) electrons. The van der Waals surface area contributed by atoms with Gasteiger partial charge in [-0.2, -0.15) is 4.98 Å². The second-order valence-electron chi connectivity index (χ2n) is 4.29. The highest BCUT2D eigenvalue weighted by molar-refractivity contribution is 7.51. The van der Waals surface area contributed by atoms with Crippen LogP contribution in [0.4, 0.5) is 5.95 Å². The lowest BCUT2D eigenvalue weighted by atomic mass is 10.4. The minimum Gasteiger partial charge on any atom is -0.369 e. The Hall–Kier alpha value is -1.74. The molecular weight excluding hydrogens is 289 g/mol. The zero-order valence-corrected chi connectivity index (χ0v) is 11.4. The average Bonchev–Trinajstić information content (AvgIpc) is 2.69. The van der Waals surface area contributed by atoms with Crippen LogP contribution < -0.4 is 11.3 Å². The van der Waals surface area contributed by atoms with Crippen molar-refractivity contribution >= 4 is 24.7 Å². The number of fused-ring (bicyclic) bond motifs is 1. The van der Waals surface area contributed by atoms with Crippen molar-refractivity contribution in [2.75, 3.05) is 12.1 Å². The molecule has 2 aromatic rings. The summed E-state index contributed by atoms with van der Waals surface area (Å²) in [5.74, 6) is -0.0342. The molecule has 0 unspecified atom stereocenters. The Morgan fingerprint density at radius 1 is 1.60 bits per heavy atom. The highest BCUT2D eigenvalue weighted by Crippen LogP contribution is 2.34. The summed E-state index contributed by atoms with van der Waals surface area (Å²) < 4.78 is 17.3. The van der Waals surface area contributed by atoms with Gasteiger partial charge in [0.25, 0.3) is 5.56 Å². The third kappa shape index (κ3) is 3.42. The van der Waals surface area contributed by atoms with Crippen LogP contribution in [0.25, 0.3) is 11.2 Å². The van der Waals surface area contributed by atoms with Crippen molar-refractivity contribution in [2.45, 2.75) is 19.6 Å². The molecule has 1 atom stereocenters. The number of nitrogen functional groups attached to an aromatic ring is 1. The van der Waals surface area contributed by atoms with E-state index >= 15 is 0 Å². The van der Waals surface area contributed by atoms with Gasteiger partial charge in [0.1, 0.15) is 6.35 Å². The van der Waals surface area contributed by atoms with Crippen molar-refractivity contribution in [1.82, 2.24) is 19.5 Å². The van der Waals surface area contributed by atoms with Gasteiger partial charge in [0, 0.05) is 0 Å². The zero-order chi connectivity index (χ0) is 14.9. The van der Waals surface area contributed by atoms with Gasteiger partial charge in [-0.3, -0.25) is 14.3 Å². The predicted molar refractivity (Wildman–Crippen MR) is 70.0 cm³/mol. The minimum atomic E-state index is -4.21. The van der Waals surface area contributed by atoms with E-state index in [2.05, 4.69) is 15.0 Å². The Balaban J connectivity index is 2.18. The molecule has 0 fully saturated rings. The molecule has 0 aliphatic rings. The zero-order valence-electron chi connectivity index (χ0n) is 10.6. The van der Waals surface area contributed by atoms with Crippen molar-refractivity contribution in [1.29, 1.82) is 0 Å². The molecule has 110 valence electrons. The molecule has 0 amide bonds.